The van der Waals surface area contributed by atoms with E-state index in [0.29, 0.717) is 0 Å². The Balaban J connectivity index is 1.97. The summed E-state index contributed by atoms with van der Waals surface area (Å²) >= 11 is 5.75. The molecular weight excluding hydrogens is 285 g/mol. The summed E-state index contributed by atoms with van der Waals surface area (Å²) in [6, 6.07) is 15.7. The summed E-state index contributed by atoms with van der Waals surface area (Å²) in [4.78, 5) is 0. The molecule has 1 N–H and O–H groups in total. The van der Waals surface area contributed by atoms with E-state index in [4.69, 9.17) is 11.6 Å². The lowest BCUT2D eigenvalue weighted by molar-refractivity contribution is 0.494. The molecule has 0 saturated carbocycles. The maximum atomic E-state index is 13.6. The van der Waals surface area contributed by atoms with Crippen molar-refractivity contribution < 1.29 is 4.39 Å². The Bertz CT molecular complexity index is 556. The van der Waals surface area contributed by atoms with Gasteiger partial charge in [0.15, 0.2) is 0 Å². The second-order valence-electron chi connectivity index (χ2n) is 5.16. The molecule has 21 heavy (non-hydrogen) atoms. The molecule has 2 rings (SSSR count). The Hall–Kier alpha value is -1.38. The maximum absolute atomic E-state index is 13.6. The van der Waals surface area contributed by atoms with Gasteiger partial charge in [0.05, 0.1) is 5.02 Å². The van der Waals surface area contributed by atoms with Crippen LogP contribution in [0.5, 0.6) is 0 Å². The van der Waals surface area contributed by atoms with Gasteiger partial charge in [0.2, 0.25) is 0 Å². The Kier molecular flexibility index (Phi) is 6.21. The number of benzene rings is 2. The lowest BCUT2D eigenvalue weighted by Gasteiger charge is -2.18. The molecule has 0 saturated heterocycles. The van der Waals surface area contributed by atoms with Crippen molar-refractivity contribution >= 4 is 11.6 Å². The zero-order chi connectivity index (χ0) is 15.1. The van der Waals surface area contributed by atoms with Crippen molar-refractivity contribution in [3.05, 3.63) is 70.5 Å². The van der Waals surface area contributed by atoms with Gasteiger partial charge in [-0.2, -0.15) is 0 Å². The Morgan fingerprint density at radius 3 is 2.57 bits per heavy atom. The molecule has 0 fully saturated rings. The smallest absolute Gasteiger partial charge is 0.142 e. The van der Waals surface area contributed by atoms with Gasteiger partial charge in [-0.25, -0.2) is 4.39 Å². The van der Waals surface area contributed by atoms with Crippen LogP contribution in [0.25, 0.3) is 0 Å². The molecule has 112 valence electrons. The number of hydrogen-bond donors (Lipinski definition) is 1. The topological polar surface area (TPSA) is 12.0 Å². The monoisotopic (exact) mass is 305 g/mol. The molecule has 0 aromatic heterocycles. The minimum absolute atomic E-state index is 0.172. The van der Waals surface area contributed by atoms with Gasteiger partial charge in [-0.05, 0) is 49.1 Å². The quantitative estimate of drug-likeness (QED) is 0.745. The predicted molar refractivity (Wildman–Crippen MR) is 87.2 cm³/mol. The minimum atomic E-state index is -0.347. The van der Waals surface area contributed by atoms with E-state index < -0.39 is 0 Å². The van der Waals surface area contributed by atoms with Crippen LogP contribution in [0.1, 0.15) is 36.9 Å². The van der Waals surface area contributed by atoms with E-state index in [1.54, 1.807) is 6.07 Å². The molecule has 2 aromatic carbocycles. The summed E-state index contributed by atoms with van der Waals surface area (Å²) in [7, 11) is 0. The first-order valence-electron chi connectivity index (χ1n) is 7.43. The summed E-state index contributed by atoms with van der Waals surface area (Å²) in [5, 5.41) is 3.60. The third-order valence-corrected chi connectivity index (χ3v) is 3.90. The molecule has 1 nitrogen and oxygen atoms in total. The average molecular weight is 306 g/mol. The first kappa shape index (κ1) is 16.0. The number of rotatable bonds is 7. The van der Waals surface area contributed by atoms with E-state index in [1.165, 1.54) is 11.6 Å². The van der Waals surface area contributed by atoms with E-state index in [9.17, 15) is 4.39 Å². The van der Waals surface area contributed by atoms with E-state index >= 15 is 0 Å². The van der Waals surface area contributed by atoms with Crippen LogP contribution in [-0.2, 0) is 6.42 Å². The lowest BCUT2D eigenvalue weighted by atomic mass is 9.99. The molecule has 0 radical (unpaired) electrons. The molecule has 2 aromatic rings. The zero-order valence-electron chi connectivity index (χ0n) is 12.3. The van der Waals surface area contributed by atoms with Crippen molar-refractivity contribution in [1.29, 1.82) is 0 Å². The third kappa shape index (κ3) is 4.83. The number of hydrogen-bond acceptors (Lipinski definition) is 1. The standard InChI is InChI=1S/C18H21ClFN/c1-2-21-18(15-11-12-16(19)17(20)13-15)10-6-9-14-7-4-3-5-8-14/h3-5,7-8,11-13,18,21H,2,6,9-10H2,1H3. The third-order valence-electron chi connectivity index (χ3n) is 3.60. The van der Waals surface area contributed by atoms with Gasteiger partial charge in [-0.15, -0.1) is 0 Å². The Morgan fingerprint density at radius 2 is 1.90 bits per heavy atom. The largest absolute Gasteiger partial charge is 0.310 e. The van der Waals surface area contributed by atoms with Gasteiger partial charge >= 0.3 is 0 Å². The molecule has 0 spiro atoms. The van der Waals surface area contributed by atoms with Gasteiger partial charge in [0.1, 0.15) is 5.82 Å². The van der Waals surface area contributed by atoms with Crippen molar-refractivity contribution in [2.45, 2.75) is 32.2 Å². The van der Waals surface area contributed by atoms with Crippen LogP contribution < -0.4 is 5.32 Å². The highest BCUT2D eigenvalue weighted by Crippen LogP contribution is 2.24. The summed E-state index contributed by atoms with van der Waals surface area (Å²) in [6.45, 7) is 2.93. The van der Waals surface area contributed by atoms with E-state index in [1.807, 2.05) is 12.1 Å². The second-order valence-corrected chi connectivity index (χ2v) is 5.57. The summed E-state index contributed by atoms with van der Waals surface area (Å²) < 4.78 is 13.6. The second kappa shape index (κ2) is 8.16. The van der Waals surface area contributed by atoms with Crippen molar-refractivity contribution in [2.24, 2.45) is 0 Å². The van der Waals surface area contributed by atoms with E-state index in [2.05, 4.69) is 36.5 Å². The molecule has 1 atom stereocenters. The lowest BCUT2D eigenvalue weighted by Crippen LogP contribution is -2.21. The number of aryl methyl sites for hydroxylation is 1. The molecule has 0 bridgehead atoms. The van der Waals surface area contributed by atoms with Gasteiger partial charge in [0.25, 0.3) is 0 Å². The van der Waals surface area contributed by atoms with Crippen LogP contribution in [0, 0.1) is 5.82 Å². The molecule has 0 heterocycles. The van der Waals surface area contributed by atoms with Crippen molar-refractivity contribution in [3.8, 4) is 0 Å². The minimum Gasteiger partial charge on any atom is -0.310 e. The van der Waals surface area contributed by atoms with Crippen LogP contribution in [0.3, 0.4) is 0 Å². The van der Waals surface area contributed by atoms with E-state index in [-0.39, 0.29) is 16.9 Å². The molecule has 0 aliphatic carbocycles. The maximum Gasteiger partial charge on any atom is 0.142 e. The molecule has 0 aliphatic rings. The van der Waals surface area contributed by atoms with Crippen LogP contribution in [-0.4, -0.2) is 6.54 Å². The van der Waals surface area contributed by atoms with Gasteiger partial charge in [-0.3, -0.25) is 0 Å². The molecule has 1 unspecified atom stereocenters. The molecule has 0 amide bonds. The summed E-state index contributed by atoms with van der Waals surface area (Å²) in [6.07, 6.45) is 3.08. The summed E-state index contributed by atoms with van der Waals surface area (Å²) in [5.41, 5.74) is 2.31. The summed E-state index contributed by atoms with van der Waals surface area (Å²) in [5.74, 6) is -0.347. The highest BCUT2D eigenvalue weighted by molar-refractivity contribution is 6.30. The van der Waals surface area contributed by atoms with Crippen molar-refractivity contribution in [1.82, 2.24) is 5.32 Å². The van der Waals surface area contributed by atoms with Gasteiger partial charge in [0, 0.05) is 6.04 Å². The molecule has 0 aliphatic heterocycles. The first-order valence-corrected chi connectivity index (χ1v) is 7.80. The average Bonchev–Trinajstić information content (AvgIpc) is 2.50. The fourth-order valence-corrected chi connectivity index (χ4v) is 2.63. The fourth-order valence-electron chi connectivity index (χ4n) is 2.52. The van der Waals surface area contributed by atoms with Crippen LogP contribution >= 0.6 is 11.6 Å². The van der Waals surface area contributed by atoms with E-state index in [0.717, 1.165) is 31.4 Å². The van der Waals surface area contributed by atoms with Gasteiger partial charge < -0.3 is 5.32 Å². The highest BCUT2D eigenvalue weighted by atomic mass is 35.5. The zero-order valence-corrected chi connectivity index (χ0v) is 13.0. The van der Waals surface area contributed by atoms with Crippen LogP contribution in [0.15, 0.2) is 48.5 Å². The van der Waals surface area contributed by atoms with Crippen LogP contribution in [0.2, 0.25) is 5.02 Å². The predicted octanol–water partition coefficient (Wildman–Crippen LogP) is 5.15. The highest BCUT2D eigenvalue weighted by Gasteiger charge is 2.12. The van der Waals surface area contributed by atoms with Crippen molar-refractivity contribution in [3.63, 3.8) is 0 Å². The molecule has 3 heteroatoms. The number of nitrogens with one attached hydrogen (secondary N) is 1. The fraction of sp³-hybridized carbons (Fsp3) is 0.333. The van der Waals surface area contributed by atoms with Gasteiger partial charge in [-0.1, -0.05) is 54.9 Å². The SMILES string of the molecule is CCNC(CCCc1ccccc1)c1ccc(Cl)c(F)c1. The Labute approximate surface area is 131 Å². The van der Waals surface area contributed by atoms with Crippen molar-refractivity contribution in [2.75, 3.05) is 6.54 Å². The molecular formula is C18H21ClFN. The number of halogens is 2. The van der Waals surface area contributed by atoms with Crippen LogP contribution in [0.4, 0.5) is 4.39 Å². The normalized spacial score (nSPS) is 12.3. The Morgan fingerprint density at radius 1 is 1.14 bits per heavy atom. The first-order chi connectivity index (χ1) is 10.2.